The van der Waals surface area contributed by atoms with E-state index < -0.39 is 0 Å². The predicted molar refractivity (Wildman–Crippen MR) is 82.6 cm³/mol. The van der Waals surface area contributed by atoms with Crippen molar-refractivity contribution in [1.82, 2.24) is 4.90 Å². The highest BCUT2D eigenvalue weighted by Gasteiger charge is 2.21. The summed E-state index contributed by atoms with van der Waals surface area (Å²) in [4.78, 5) is 3.04. The molecular weight excluding hydrogens is 240 g/mol. The number of hydrogen-bond acceptors (Lipinski definition) is 2. The van der Waals surface area contributed by atoms with Crippen LogP contribution in [0.15, 0.2) is 30.3 Å². The summed E-state index contributed by atoms with van der Waals surface area (Å²) >= 11 is 5.11. The van der Waals surface area contributed by atoms with Gasteiger partial charge >= 0.3 is 0 Å². The van der Waals surface area contributed by atoms with E-state index in [2.05, 4.69) is 56.0 Å². The van der Waals surface area contributed by atoms with E-state index in [1.54, 1.807) is 0 Å². The fourth-order valence-electron chi connectivity index (χ4n) is 1.75. The topological polar surface area (TPSA) is 29.3 Å². The second kappa shape index (κ2) is 6.86. The van der Waals surface area contributed by atoms with Crippen LogP contribution in [0.1, 0.15) is 32.8 Å². The van der Waals surface area contributed by atoms with Gasteiger partial charge in [-0.15, -0.1) is 0 Å². The van der Waals surface area contributed by atoms with Crippen LogP contribution in [0.4, 0.5) is 0 Å². The molecule has 1 aromatic rings. The highest BCUT2D eigenvalue weighted by atomic mass is 32.1. The number of benzene rings is 1. The van der Waals surface area contributed by atoms with Crippen LogP contribution in [0, 0.1) is 5.41 Å². The van der Waals surface area contributed by atoms with E-state index >= 15 is 0 Å². The van der Waals surface area contributed by atoms with Crippen LogP contribution in [-0.4, -0.2) is 23.0 Å². The molecule has 0 bridgehead atoms. The molecule has 0 aliphatic heterocycles. The summed E-state index contributed by atoms with van der Waals surface area (Å²) in [6.07, 6.45) is 1.00. The van der Waals surface area contributed by atoms with Crippen LogP contribution in [0.2, 0.25) is 0 Å². The first kappa shape index (κ1) is 15.1. The van der Waals surface area contributed by atoms with Gasteiger partial charge in [0, 0.05) is 12.0 Å². The van der Waals surface area contributed by atoms with Crippen molar-refractivity contribution in [1.29, 1.82) is 0 Å². The highest BCUT2D eigenvalue weighted by Crippen LogP contribution is 2.21. The molecule has 0 radical (unpaired) electrons. The van der Waals surface area contributed by atoms with Crippen LogP contribution in [0.3, 0.4) is 0 Å². The van der Waals surface area contributed by atoms with E-state index in [1.165, 1.54) is 5.56 Å². The zero-order valence-corrected chi connectivity index (χ0v) is 12.5. The zero-order chi connectivity index (χ0) is 13.6. The number of nitrogens with zero attached hydrogens (tertiary/aromatic N) is 1. The van der Waals surface area contributed by atoms with Gasteiger partial charge < -0.3 is 5.73 Å². The summed E-state index contributed by atoms with van der Waals surface area (Å²) in [5, 5.41) is 0. The Morgan fingerprint density at radius 1 is 1.28 bits per heavy atom. The Bertz CT molecular complexity index is 373. The van der Waals surface area contributed by atoms with Crippen LogP contribution >= 0.6 is 12.2 Å². The number of thiocarbonyl (C=S) groups is 1. The molecule has 0 aliphatic carbocycles. The molecule has 0 unspecified atom stereocenters. The number of nitrogens with two attached hydrogens (primary N) is 1. The predicted octanol–water partition coefficient (Wildman–Crippen LogP) is 3.21. The molecule has 0 aliphatic rings. The molecule has 0 fully saturated rings. The van der Waals surface area contributed by atoms with Gasteiger partial charge in [-0.3, -0.25) is 4.90 Å². The molecule has 0 amide bonds. The van der Waals surface area contributed by atoms with Gasteiger partial charge in [-0.25, -0.2) is 0 Å². The van der Waals surface area contributed by atoms with Gasteiger partial charge in [-0.05, 0) is 25.1 Å². The molecular formula is C15H24N2S. The Labute approximate surface area is 116 Å². The van der Waals surface area contributed by atoms with Gasteiger partial charge in [0.1, 0.15) is 0 Å². The molecule has 2 N–H and O–H groups in total. The number of hydrogen-bond donors (Lipinski definition) is 1. The van der Waals surface area contributed by atoms with Crippen molar-refractivity contribution in [3.8, 4) is 0 Å². The molecule has 0 aromatic heterocycles. The Balaban J connectivity index is 2.51. The monoisotopic (exact) mass is 264 g/mol. The van der Waals surface area contributed by atoms with Gasteiger partial charge in [0.2, 0.25) is 0 Å². The van der Waals surface area contributed by atoms with Gasteiger partial charge in [0.25, 0.3) is 0 Å². The van der Waals surface area contributed by atoms with E-state index in [-0.39, 0.29) is 5.41 Å². The first-order chi connectivity index (χ1) is 8.45. The van der Waals surface area contributed by atoms with Gasteiger partial charge in [-0.1, -0.05) is 63.3 Å². The van der Waals surface area contributed by atoms with E-state index in [0.29, 0.717) is 4.99 Å². The second-order valence-electron chi connectivity index (χ2n) is 5.35. The normalized spacial score (nSPS) is 11.8. The molecule has 0 heterocycles. The lowest BCUT2D eigenvalue weighted by atomic mass is 9.89. The van der Waals surface area contributed by atoms with Crippen molar-refractivity contribution in [2.24, 2.45) is 11.1 Å². The van der Waals surface area contributed by atoms with Crippen molar-refractivity contribution in [3.05, 3.63) is 35.9 Å². The van der Waals surface area contributed by atoms with E-state index in [1.807, 2.05) is 0 Å². The largest absolute Gasteiger partial charge is 0.393 e. The maximum Gasteiger partial charge on any atom is 0.0784 e. The minimum atomic E-state index is -0.0561. The molecule has 0 atom stereocenters. The van der Waals surface area contributed by atoms with Crippen molar-refractivity contribution >= 4 is 17.2 Å². The lowest BCUT2D eigenvalue weighted by Gasteiger charge is -2.28. The molecule has 1 aromatic carbocycles. The van der Waals surface area contributed by atoms with Gasteiger partial charge in [-0.2, -0.15) is 0 Å². The van der Waals surface area contributed by atoms with Crippen molar-refractivity contribution in [3.63, 3.8) is 0 Å². The van der Waals surface area contributed by atoms with Crippen molar-refractivity contribution < 1.29 is 0 Å². The number of rotatable bonds is 7. The SMILES string of the molecule is CCN(CCC(C)(C)C(N)=S)Cc1ccccc1. The third-order valence-corrected chi connectivity index (χ3v) is 3.97. The summed E-state index contributed by atoms with van der Waals surface area (Å²) in [6.45, 7) is 9.48. The molecule has 0 spiro atoms. The molecule has 0 saturated carbocycles. The summed E-state index contributed by atoms with van der Waals surface area (Å²) in [5.74, 6) is 0. The standard InChI is InChI=1S/C15H24N2S/c1-4-17(11-10-15(2,3)14(16)18)12-13-8-6-5-7-9-13/h5-9H,4,10-12H2,1-3H3,(H2,16,18). The highest BCUT2D eigenvalue weighted by molar-refractivity contribution is 7.80. The maximum absolute atomic E-state index is 5.76. The van der Waals surface area contributed by atoms with Crippen molar-refractivity contribution in [2.45, 2.75) is 33.7 Å². The maximum atomic E-state index is 5.76. The molecule has 0 saturated heterocycles. The third-order valence-electron chi connectivity index (χ3n) is 3.42. The Kier molecular flexibility index (Phi) is 5.76. The minimum absolute atomic E-state index is 0.0561. The minimum Gasteiger partial charge on any atom is -0.393 e. The average molecular weight is 264 g/mol. The molecule has 3 heteroatoms. The lowest BCUT2D eigenvalue weighted by Crippen LogP contribution is -2.34. The summed E-state index contributed by atoms with van der Waals surface area (Å²) in [7, 11) is 0. The zero-order valence-electron chi connectivity index (χ0n) is 11.6. The molecule has 1 rings (SSSR count). The fraction of sp³-hybridized carbons (Fsp3) is 0.533. The first-order valence-corrected chi connectivity index (χ1v) is 6.92. The quantitative estimate of drug-likeness (QED) is 0.767. The smallest absolute Gasteiger partial charge is 0.0784 e. The summed E-state index contributed by atoms with van der Waals surface area (Å²) in [5.41, 5.74) is 7.06. The molecule has 2 nitrogen and oxygen atoms in total. The lowest BCUT2D eigenvalue weighted by molar-refractivity contribution is 0.249. The Morgan fingerprint density at radius 2 is 1.89 bits per heavy atom. The van der Waals surface area contributed by atoms with Gasteiger partial charge in [0.05, 0.1) is 4.99 Å². The Morgan fingerprint density at radius 3 is 2.39 bits per heavy atom. The molecule has 18 heavy (non-hydrogen) atoms. The van der Waals surface area contributed by atoms with Crippen LogP contribution in [0.5, 0.6) is 0 Å². The van der Waals surface area contributed by atoms with Crippen LogP contribution in [-0.2, 0) is 6.54 Å². The average Bonchev–Trinajstić information content (AvgIpc) is 2.35. The van der Waals surface area contributed by atoms with Gasteiger partial charge in [0.15, 0.2) is 0 Å². The second-order valence-corrected chi connectivity index (χ2v) is 5.79. The molecule has 100 valence electrons. The Hall–Kier alpha value is -0.930. The summed E-state index contributed by atoms with van der Waals surface area (Å²) in [6, 6.07) is 10.6. The summed E-state index contributed by atoms with van der Waals surface area (Å²) < 4.78 is 0. The van der Waals surface area contributed by atoms with Crippen LogP contribution < -0.4 is 5.73 Å². The first-order valence-electron chi connectivity index (χ1n) is 6.52. The van der Waals surface area contributed by atoms with E-state index in [9.17, 15) is 0 Å². The van der Waals surface area contributed by atoms with E-state index in [0.717, 1.165) is 26.1 Å². The van der Waals surface area contributed by atoms with Crippen molar-refractivity contribution in [2.75, 3.05) is 13.1 Å². The van der Waals surface area contributed by atoms with E-state index in [4.69, 9.17) is 18.0 Å². The third kappa shape index (κ3) is 4.75. The fourth-order valence-corrected chi connectivity index (χ4v) is 1.85. The van der Waals surface area contributed by atoms with Crippen LogP contribution in [0.25, 0.3) is 0 Å².